The van der Waals surface area contributed by atoms with Crippen molar-refractivity contribution in [2.45, 2.75) is 45.3 Å². The van der Waals surface area contributed by atoms with Gasteiger partial charge >= 0.3 is 0 Å². The number of aliphatic hydroxyl groups excluding tert-OH is 1. The third-order valence-corrected chi connectivity index (χ3v) is 2.58. The van der Waals surface area contributed by atoms with Crippen LogP contribution in [0.3, 0.4) is 0 Å². The van der Waals surface area contributed by atoms with Crippen LogP contribution in [0.5, 0.6) is 0 Å². The Balaban J connectivity index is 2.51. The lowest BCUT2D eigenvalue weighted by atomic mass is 9.99. The van der Waals surface area contributed by atoms with Gasteiger partial charge in [-0.15, -0.1) is 0 Å². The highest BCUT2D eigenvalue weighted by Crippen LogP contribution is 2.17. The lowest BCUT2D eigenvalue weighted by Gasteiger charge is -2.34. The summed E-state index contributed by atoms with van der Waals surface area (Å²) in [6.07, 6.45) is 2.92. The minimum atomic E-state index is -0.333. The number of nitrogens with zero attached hydrogens (tertiary/aromatic N) is 1. The van der Waals surface area contributed by atoms with Gasteiger partial charge < -0.3 is 5.11 Å². The first kappa shape index (κ1) is 10.7. The Morgan fingerprint density at radius 3 is 2.85 bits per heavy atom. The van der Waals surface area contributed by atoms with E-state index in [4.69, 9.17) is 0 Å². The molecule has 13 heavy (non-hydrogen) atoms. The molecule has 0 saturated carbocycles. The summed E-state index contributed by atoms with van der Waals surface area (Å²) < 4.78 is 0. The Labute approximate surface area is 79.7 Å². The van der Waals surface area contributed by atoms with E-state index in [-0.39, 0.29) is 17.9 Å². The third kappa shape index (κ3) is 3.08. The van der Waals surface area contributed by atoms with Gasteiger partial charge in [-0.1, -0.05) is 6.42 Å². The van der Waals surface area contributed by atoms with Crippen molar-refractivity contribution in [2.24, 2.45) is 0 Å². The lowest BCUT2D eigenvalue weighted by molar-refractivity contribution is -0.123. The number of β-amino-alcohol motifs (C(OH)–C–C–N with tert-alkyl or cyclic N) is 1. The van der Waals surface area contributed by atoms with Crippen molar-refractivity contribution in [3.63, 3.8) is 0 Å². The van der Waals surface area contributed by atoms with E-state index < -0.39 is 0 Å². The van der Waals surface area contributed by atoms with Gasteiger partial charge in [0, 0.05) is 6.54 Å². The summed E-state index contributed by atoms with van der Waals surface area (Å²) in [6, 6.07) is 0.0587. The SMILES string of the molecule is CC(=O)C1CCCCN1CC(C)O. The Hall–Kier alpha value is -0.410. The standard InChI is InChI=1S/C10H19NO2/c1-8(12)7-11-6-4-3-5-10(11)9(2)13/h8,10,12H,3-7H2,1-2H3. The molecule has 1 N–H and O–H groups in total. The number of piperidine rings is 1. The third-order valence-electron chi connectivity index (χ3n) is 2.58. The zero-order valence-corrected chi connectivity index (χ0v) is 8.49. The number of hydrogen-bond donors (Lipinski definition) is 1. The molecule has 2 atom stereocenters. The molecular formula is C10H19NO2. The van der Waals surface area contributed by atoms with Gasteiger partial charge in [-0.25, -0.2) is 0 Å². The number of likely N-dealkylation sites (tertiary alicyclic amines) is 1. The van der Waals surface area contributed by atoms with Crippen molar-refractivity contribution in [1.29, 1.82) is 0 Å². The molecule has 3 nitrogen and oxygen atoms in total. The number of Topliss-reactive ketones (excluding diaryl/α,β-unsaturated/α-hetero) is 1. The van der Waals surface area contributed by atoms with E-state index in [2.05, 4.69) is 4.90 Å². The zero-order chi connectivity index (χ0) is 9.84. The highest BCUT2D eigenvalue weighted by molar-refractivity contribution is 5.81. The van der Waals surface area contributed by atoms with E-state index in [1.54, 1.807) is 13.8 Å². The highest BCUT2D eigenvalue weighted by atomic mass is 16.3. The van der Waals surface area contributed by atoms with Gasteiger partial charge in [0.05, 0.1) is 12.1 Å². The van der Waals surface area contributed by atoms with Crippen LogP contribution in [-0.4, -0.2) is 41.0 Å². The molecule has 1 aliphatic rings. The van der Waals surface area contributed by atoms with Crippen molar-refractivity contribution >= 4 is 5.78 Å². The molecule has 1 rings (SSSR count). The Kier molecular flexibility index (Phi) is 3.88. The Morgan fingerprint density at radius 2 is 2.31 bits per heavy atom. The summed E-state index contributed by atoms with van der Waals surface area (Å²) in [5, 5.41) is 9.25. The average molecular weight is 185 g/mol. The van der Waals surface area contributed by atoms with Crippen molar-refractivity contribution in [3.8, 4) is 0 Å². The van der Waals surface area contributed by atoms with Crippen LogP contribution < -0.4 is 0 Å². The topological polar surface area (TPSA) is 40.5 Å². The van der Waals surface area contributed by atoms with Crippen molar-refractivity contribution in [2.75, 3.05) is 13.1 Å². The maximum absolute atomic E-state index is 11.3. The molecule has 2 unspecified atom stereocenters. The van der Waals surface area contributed by atoms with E-state index in [9.17, 15) is 9.90 Å². The second kappa shape index (κ2) is 4.72. The van der Waals surface area contributed by atoms with E-state index in [1.165, 1.54) is 0 Å². The van der Waals surface area contributed by atoms with Crippen molar-refractivity contribution in [1.82, 2.24) is 4.90 Å². The van der Waals surface area contributed by atoms with E-state index >= 15 is 0 Å². The van der Waals surface area contributed by atoms with E-state index in [0.29, 0.717) is 6.54 Å². The lowest BCUT2D eigenvalue weighted by Crippen LogP contribution is -2.46. The van der Waals surface area contributed by atoms with Crippen LogP contribution in [0.4, 0.5) is 0 Å². The molecule has 0 radical (unpaired) electrons. The van der Waals surface area contributed by atoms with Crippen LogP contribution >= 0.6 is 0 Å². The molecule has 1 aliphatic heterocycles. The van der Waals surface area contributed by atoms with Crippen LogP contribution in [0, 0.1) is 0 Å². The van der Waals surface area contributed by atoms with Crippen LogP contribution in [0.15, 0.2) is 0 Å². The maximum Gasteiger partial charge on any atom is 0.146 e. The summed E-state index contributed by atoms with van der Waals surface area (Å²) >= 11 is 0. The van der Waals surface area contributed by atoms with Gasteiger partial charge in [0.15, 0.2) is 0 Å². The van der Waals surface area contributed by atoms with Crippen LogP contribution in [0.1, 0.15) is 33.1 Å². The quantitative estimate of drug-likeness (QED) is 0.707. The molecule has 3 heteroatoms. The Morgan fingerprint density at radius 1 is 1.62 bits per heavy atom. The van der Waals surface area contributed by atoms with Gasteiger partial charge in [-0.05, 0) is 33.2 Å². The van der Waals surface area contributed by atoms with Gasteiger partial charge in [-0.3, -0.25) is 9.69 Å². The minimum absolute atomic E-state index is 0.0587. The fourth-order valence-corrected chi connectivity index (χ4v) is 2.01. The molecule has 1 heterocycles. The van der Waals surface area contributed by atoms with Crippen molar-refractivity contribution < 1.29 is 9.90 Å². The smallest absolute Gasteiger partial charge is 0.146 e. The van der Waals surface area contributed by atoms with Crippen LogP contribution in [0.2, 0.25) is 0 Å². The number of ketones is 1. The number of rotatable bonds is 3. The predicted molar refractivity (Wildman–Crippen MR) is 51.6 cm³/mol. The molecule has 1 fully saturated rings. The van der Waals surface area contributed by atoms with Crippen molar-refractivity contribution in [3.05, 3.63) is 0 Å². The van der Waals surface area contributed by atoms with Gasteiger partial charge in [-0.2, -0.15) is 0 Å². The minimum Gasteiger partial charge on any atom is -0.392 e. The summed E-state index contributed by atoms with van der Waals surface area (Å²) in [7, 11) is 0. The first-order valence-corrected chi connectivity index (χ1v) is 5.04. The molecule has 0 amide bonds. The molecule has 0 aromatic heterocycles. The molecule has 0 spiro atoms. The van der Waals surface area contributed by atoms with Gasteiger partial charge in [0.1, 0.15) is 5.78 Å². The fourth-order valence-electron chi connectivity index (χ4n) is 2.01. The van der Waals surface area contributed by atoms with E-state index in [1.807, 2.05) is 0 Å². The molecule has 1 saturated heterocycles. The number of carbonyl (C=O) groups is 1. The maximum atomic E-state index is 11.3. The molecule has 0 aromatic carbocycles. The average Bonchev–Trinajstić information content (AvgIpc) is 2.03. The fraction of sp³-hybridized carbons (Fsp3) is 0.900. The van der Waals surface area contributed by atoms with Gasteiger partial charge in [0.2, 0.25) is 0 Å². The monoisotopic (exact) mass is 185 g/mol. The predicted octanol–water partition coefficient (Wildman–Crippen LogP) is 0.811. The molecule has 0 aliphatic carbocycles. The zero-order valence-electron chi connectivity index (χ0n) is 8.49. The molecule has 0 bridgehead atoms. The Bertz CT molecular complexity index is 180. The summed E-state index contributed by atoms with van der Waals surface area (Å²) in [4.78, 5) is 13.4. The summed E-state index contributed by atoms with van der Waals surface area (Å²) in [5.74, 6) is 0.236. The summed E-state index contributed by atoms with van der Waals surface area (Å²) in [5.41, 5.74) is 0. The number of aliphatic hydroxyl groups is 1. The first-order valence-electron chi connectivity index (χ1n) is 5.04. The largest absolute Gasteiger partial charge is 0.392 e. The van der Waals surface area contributed by atoms with Gasteiger partial charge in [0.25, 0.3) is 0 Å². The molecule has 76 valence electrons. The van der Waals surface area contributed by atoms with Crippen LogP contribution in [-0.2, 0) is 4.79 Å². The summed E-state index contributed by atoms with van der Waals surface area (Å²) in [6.45, 7) is 5.00. The second-order valence-electron chi connectivity index (χ2n) is 3.97. The normalized spacial score (nSPS) is 27.2. The van der Waals surface area contributed by atoms with E-state index in [0.717, 1.165) is 25.8 Å². The first-order chi connectivity index (χ1) is 6.11. The van der Waals surface area contributed by atoms with Crippen LogP contribution in [0.25, 0.3) is 0 Å². The second-order valence-corrected chi connectivity index (χ2v) is 3.97. The highest BCUT2D eigenvalue weighted by Gasteiger charge is 2.26. The molecule has 0 aromatic rings. The molecular weight excluding hydrogens is 166 g/mol. The number of hydrogen-bond acceptors (Lipinski definition) is 3. The number of carbonyl (C=O) groups excluding carboxylic acids is 1.